The molecule has 2 unspecified atom stereocenters. The third-order valence-corrected chi connectivity index (χ3v) is 3.93. The third-order valence-electron chi connectivity index (χ3n) is 3.64. The van der Waals surface area contributed by atoms with Gasteiger partial charge in [-0.3, -0.25) is 4.68 Å². The van der Waals surface area contributed by atoms with Crippen LogP contribution in [-0.4, -0.2) is 22.4 Å². The third kappa shape index (κ3) is 2.83. The largest absolute Gasteiger partial charge is 0.314 e. The smallest absolute Gasteiger partial charge is 0.0820 e. The molecule has 1 heterocycles. The number of hydrogen-bond donors (Lipinski definition) is 1. The Labute approximate surface area is 109 Å². The lowest BCUT2D eigenvalue weighted by molar-refractivity contribution is 0.507. The SMILES string of the molecule is CCCNC1CCC(c2c(Cl)cnn2CC)C1. The quantitative estimate of drug-likeness (QED) is 0.876. The van der Waals surface area contributed by atoms with E-state index in [0.29, 0.717) is 12.0 Å². The molecular weight excluding hydrogens is 234 g/mol. The predicted octanol–water partition coefficient (Wildman–Crippen LogP) is 3.19. The lowest BCUT2D eigenvalue weighted by atomic mass is 10.0. The molecule has 1 fully saturated rings. The van der Waals surface area contributed by atoms with Gasteiger partial charge in [-0.15, -0.1) is 0 Å². The van der Waals surface area contributed by atoms with Gasteiger partial charge in [0.1, 0.15) is 0 Å². The molecular formula is C13H22ClN3. The molecule has 1 saturated carbocycles. The van der Waals surface area contributed by atoms with Crippen molar-refractivity contribution in [2.45, 2.75) is 58.0 Å². The second kappa shape index (κ2) is 5.87. The summed E-state index contributed by atoms with van der Waals surface area (Å²) in [4.78, 5) is 0. The van der Waals surface area contributed by atoms with Crippen molar-refractivity contribution in [3.63, 3.8) is 0 Å². The topological polar surface area (TPSA) is 29.9 Å². The van der Waals surface area contributed by atoms with Crippen LogP contribution in [0.15, 0.2) is 6.20 Å². The number of halogens is 1. The van der Waals surface area contributed by atoms with E-state index in [1.54, 1.807) is 6.20 Å². The highest BCUT2D eigenvalue weighted by Gasteiger charge is 2.29. The van der Waals surface area contributed by atoms with Crippen molar-refractivity contribution < 1.29 is 0 Å². The molecule has 1 aliphatic carbocycles. The number of nitrogens with zero attached hydrogens (tertiary/aromatic N) is 2. The normalized spacial score (nSPS) is 24.4. The van der Waals surface area contributed by atoms with Gasteiger partial charge in [0.2, 0.25) is 0 Å². The van der Waals surface area contributed by atoms with Gasteiger partial charge in [0, 0.05) is 18.5 Å². The summed E-state index contributed by atoms with van der Waals surface area (Å²) in [6.45, 7) is 6.36. The van der Waals surface area contributed by atoms with Crippen molar-refractivity contribution in [3.05, 3.63) is 16.9 Å². The van der Waals surface area contributed by atoms with E-state index < -0.39 is 0 Å². The standard InChI is InChI=1S/C13H22ClN3/c1-3-7-15-11-6-5-10(8-11)13-12(14)9-16-17(13)4-2/h9-11,15H,3-8H2,1-2H3. The van der Waals surface area contributed by atoms with Crippen LogP contribution in [0.2, 0.25) is 5.02 Å². The van der Waals surface area contributed by atoms with Crippen LogP contribution >= 0.6 is 11.6 Å². The maximum atomic E-state index is 6.25. The van der Waals surface area contributed by atoms with Gasteiger partial charge >= 0.3 is 0 Å². The molecule has 3 nitrogen and oxygen atoms in total. The van der Waals surface area contributed by atoms with E-state index >= 15 is 0 Å². The number of aromatic nitrogens is 2. The van der Waals surface area contributed by atoms with Crippen molar-refractivity contribution in [1.82, 2.24) is 15.1 Å². The summed E-state index contributed by atoms with van der Waals surface area (Å²) in [6, 6.07) is 0.663. The second-order valence-corrected chi connectivity index (χ2v) is 5.26. The summed E-state index contributed by atoms with van der Waals surface area (Å²) < 4.78 is 2.05. The molecule has 0 saturated heterocycles. The molecule has 0 aromatic carbocycles. The number of nitrogens with one attached hydrogen (secondary N) is 1. The van der Waals surface area contributed by atoms with Gasteiger partial charge in [0.15, 0.2) is 0 Å². The first-order valence-corrected chi connectivity index (χ1v) is 7.08. The second-order valence-electron chi connectivity index (χ2n) is 4.85. The highest BCUT2D eigenvalue weighted by atomic mass is 35.5. The molecule has 0 spiro atoms. The minimum absolute atomic E-state index is 0.583. The minimum Gasteiger partial charge on any atom is -0.314 e. The summed E-state index contributed by atoms with van der Waals surface area (Å²) in [6.07, 6.45) is 6.68. The molecule has 0 aliphatic heterocycles. The van der Waals surface area contributed by atoms with Gasteiger partial charge < -0.3 is 5.32 Å². The molecule has 1 aromatic heterocycles. The van der Waals surface area contributed by atoms with Crippen molar-refractivity contribution >= 4 is 11.6 Å². The molecule has 0 bridgehead atoms. The van der Waals surface area contributed by atoms with Gasteiger partial charge in [-0.1, -0.05) is 18.5 Å². The maximum absolute atomic E-state index is 6.25. The van der Waals surface area contributed by atoms with Crippen LogP contribution in [0.5, 0.6) is 0 Å². The Hall–Kier alpha value is -0.540. The Bertz CT molecular complexity index is 362. The molecule has 0 radical (unpaired) electrons. The fourth-order valence-corrected chi connectivity index (χ4v) is 3.09. The van der Waals surface area contributed by atoms with E-state index in [0.717, 1.165) is 18.1 Å². The highest BCUT2D eigenvalue weighted by Crippen LogP contribution is 2.37. The first-order valence-electron chi connectivity index (χ1n) is 6.70. The summed E-state index contributed by atoms with van der Waals surface area (Å²) in [5.41, 5.74) is 1.25. The monoisotopic (exact) mass is 255 g/mol. The Kier molecular flexibility index (Phi) is 4.46. The van der Waals surface area contributed by atoms with E-state index in [1.807, 2.05) is 0 Å². The Morgan fingerprint density at radius 2 is 2.29 bits per heavy atom. The average Bonchev–Trinajstić information content (AvgIpc) is 2.92. The Morgan fingerprint density at radius 3 is 3.00 bits per heavy atom. The Balaban J connectivity index is 2.02. The number of aryl methyl sites for hydroxylation is 1. The Morgan fingerprint density at radius 1 is 1.47 bits per heavy atom. The van der Waals surface area contributed by atoms with E-state index in [2.05, 4.69) is 28.9 Å². The summed E-state index contributed by atoms with van der Waals surface area (Å²) in [5.74, 6) is 0.583. The molecule has 2 atom stereocenters. The van der Waals surface area contributed by atoms with Crippen LogP contribution in [0.25, 0.3) is 0 Å². The van der Waals surface area contributed by atoms with E-state index in [-0.39, 0.29) is 0 Å². The van der Waals surface area contributed by atoms with E-state index in [4.69, 9.17) is 11.6 Å². The predicted molar refractivity (Wildman–Crippen MR) is 71.6 cm³/mol. The minimum atomic E-state index is 0.583. The van der Waals surface area contributed by atoms with Crippen LogP contribution < -0.4 is 5.32 Å². The van der Waals surface area contributed by atoms with Crippen LogP contribution in [0.3, 0.4) is 0 Å². The van der Waals surface area contributed by atoms with Gasteiger partial charge in [-0.2, -0.15) is 5.10 Å². The van der Waals surface area contributed by atoms with Crippen LogP contribution in [0, 0.1) is 0 Å². The molecule has 1 aliphatic rings. The van der Waals surface area contributed by atoms with Gasteiger partial charge in [-0.25, -0.2) is 0 Å². The molecule has 1 N–H and O–H groups in total. The first-order chi connectivity index (χ1) is 8.26. The zero-order valence-corrected chi connectivity index (χ0v) is 11.5. The number of hydrogen-bond acceptors (Lipinski definition) is 2. The molecule has 1 aromatic rings. The lowest BCUT2D eigenvalue weighted by Crippen LogP contribution is -2.27. The highest BCUT2D eigenvalue weighted by molar-refractivity contribution is 6.31. The summed E-state index contributed by atoms with van der Waals surface area (Å²) in [7, 11) is 0. The van der Waals surface area contributed by atoms with Crippen molar-refractivity contribution in [2.75, 3.05) is 6.54 Å². The van der Waals surface area contributed by atoms with Crippen LogP contribution in [0.1, 0.15) is 51.1 Å². The fourth-order valence-electron chi connectivity index (χ4n) is 2.79. The first kappa shape index (κ1) is 12.9. The van der Waals surface area contributed by atoms with Gasteiger partial charge in [0.05, 0.1) is 16.9 Å². The molecule has 0 amide bonds. The lowest BCUT2D eigenvalue weighted by Gasteiger charge is -2.14. The van der Waals surface area contributed by atoms with E-state index in [1.165, 1.54) is 31.4 Å². The van der Waals surface area contributed by atoms with Gasteiger partial charge in [0.25, 0.3) is 0 Å². The number of rotatable bonds is 5. The summed E-state index contributed by atoms with van der Waals surface area (Å²) >= 11 is 6.25. The zero-order valence-electron chi connectivity index (χ0n) is 10.7. The van der Waals surface area contributed by atoms with Crippen molar-refractivity contribution in [3.8, 4) is 0 Å². The van der Waals surface area contributed by atoms with Crippen molar-refractivity contribution in [1.29, 1.82) is 0 Å². The fraction of sp³-hybridized carbons (Fsp3) is 0.769. The van der Waals surface area contributed by atoms with Crippen LogP contribution in [-0.2, 0) is 6.54 Å². The van der Waals surface area contributed by atoms with E-state index in [9.17, 15) is 0 Å². The average molecular weight is 256 g/mol. The molecule has 2 rings (SSSR count). The molecule has 4 heteroatoms. The maximum Gasteiger partial charge on any atom is 0.0820 e. The summed E-state index contributed by atoms with van der Waals surface area (Å²) in [5, 5.41) is 8.78. The molecule has 17 heavy (non-hydrogen) atoms. The molecule has 96 valence electrons. The van der Waals surface area contributed by atoms with Gasteiger partial charge in [-0.05, 0) is 39.2 Å². The van der Waals surface area contributed by atoms with Crippen LogP contribution in [0.4, 0.5) is 0 Å². The van der Waals surface area contributed by atoms with Crippen molar-refractivity contribution in [2.24, 2.45) is 0 Å². The zero-order chi connectivity index (χ0) is 12.3.